The molecule has 0 amide bonds. The molecule has 2 rings (SSSR count). The molecule has 4 atom stereocenters. The largest absolute Gasteiger partial charge is 0.493 e. The number of aliphatic hydroxyl groups is 2. The highest BCUT2D eigenvalue weighted by Gasteiger charge is 2.41. The third kappa shape index (κ3) is 7.65. The number of alkyl halides is 1. The fourth-order valence-corrected chi connectivity index (χ4v) is 4.29. The van der Waals surface area contributed by atoms with Crippen molar-refractivity contribution < 1.29 is 24.5 Å². The Bertz CT molecular complexity index is 648. The molecule has 0 unspecified atom stereocenters. The molecule has 0 heterocycles. The molecule has 1 aliphatic rings. The first kappa shape index (κ1) is 23.7. The predicted octanol–water partition coefficient (Wildman–Crippen LogP) is 3.88. The summed E-state index contributed by atoms with van der Waals surface area (Å²) in [4.78, 5) is 11.3. The zero-order valence-electron chi connectivity index (χ0n) is 17.1. The Labute approximate surface area is 178 Å². The van der Waals surface area contributed by atoms with Crippen LogP contribution >= 0.6 is 11.6 Å². The van der Waals surface area contributed by atoms with Gasteiger partial charge in [-0.1, -0.05) is 30.4 Å². The second kappa shape index (κ2) is 12.9. The van der Waals surface area contributed by atoms with Gasteiger partial charge in [0.15, 0.2) is 0 Å². The van der Waals surface area contributed by atoms with Crippen molar-refractivity contribution in [2.24, 2.45) is 11.8 Å². The Kier molecular flexibility index (Phi) is 10.5. The molecular formula is C23H33ClO5. The molecule has 0 aromatic heterocycles. The molecular weight excluding hydrogens is 392 g/mol. The van der Waals surface area contributed by atoms with Gasteiger partial charge in [0.25, 0.3) is 0 Å². The van der Waals surface area contributed by atoms with Gasteiger partial charge >= 0.3 is 5.97 Å². The topological polar surface area (TPSA) is 76.0 Å². The van der Waals surface area contributed by atoms with E-state index in [9.17, 15) is 15.0 Å². The van der Waals surface area contributed by atoms with Gasteiger partial charge in [-0.15, -0.1) is 11.6 Å². The summed E-state index contributed by atoms with van der Waals surface area (Å²) in [6.07, 6.45) is 7.58. The molecule has 1 aliphatic carbocycles. The van der Waals surface area contributed by atoms with Crippen LogP contribution in [0.15, 0.2) is 36.4 Å². The fourth-order valence-electron chi connectivity index (χ4n) is 3.82. The summed E-state index contributed by atoms with van der Waals surface area (Å²) in [6.45, 7) is 2.69. The standard InChI is InChI=1S/C23H33ClO5/c1-2-28-23(27)12-6-4-3-5-10-18-19(21(26)15-20(18)24)16-29-22-11-8-7-9-17(22)13-14-25/h3,5,7-9,11,18-21,25-26H,2,4,6,10,12-16H2,1H3/b5-3-/t18-,19-,20-,21-/m1/s1. The molecule has 1 fully saturated rings. The van der Waals surface area contributed by atoms with Gasteiger partial charge in [-0.25, -0.2) is 0 Å². The Morgan fingerprint density at radius 2 is 2.07 bits per heavy atom. The van der Waals surface area contributed by atoms with Crippen LogP contribution in [0.25, 0.3) is 0 Å². The molecule has 0 saturated heterocycles. The average Bonchev–Trinajstić information content (AvgIpc) is 2.97. The summed E-state index contributed by atoms with van der Waals surface area (Å²) in [5.41, 5.74) is 0.961. The van der Waals surface area contributed by atoms with E-state index in [2.05, 4.69) is 12.2 Å². The average molecular weight is 425 g/mol. The number of carbonyl (C=O) groups is 1. The number of halogens is 1. The summed E-state index contributed by atoms with van der Waals surface area (Å²) < 4.78 is 10.9. The molecule has 1 saturated carbocycles. The monoisotopic (exact) mass is 424 g/mol. The van der Waals surface area contributed by atoms with Crippen LogP contribution < -0.4 is 4.74 Å². The third-order valence-corrected chi connectivity index (χ3v) is 5.89. The lowest BCUT2D eigenvalue weighted by atomic mass is 9.92. The second-order valence-corrected chi connectivity index (χ2v) is 8.00. The van der Waals surface area contributed by atoms with E-state index in [0.29, 0.717) is 32.5 Å². The molecule has 0 spiro atoms. The summed E-state index contributed by atoms with van der Waals surface area (Å²) >= 11 is 6.50. The van der Waals surface area contributed by atoms with Crippen molar-refractivity contribution in [1.29, 1.82) is 0 Å². The zero-order chi connectivity index (χ0) is 21.1. The van der Waals surface area contributed by atoms with Gasteiger partial charge in [-0.05, 0) is 56.6 Å². The Morgan fingerprint density at radius 1 is 1.28 bits per heavy atom. The molecule has 0 bridgehead atoms. The molecule has 6 heteroatoms. The first-order valence-electron chi connectivity index (χ1n) is 10.5. The lowest BCUT2D eigenvalue weighted by molar-refractivity contribution is -0.143. The van der Waals surface area contributed by atoms with Crippen molar-refractivity contribution in [3.05, 3.63) is 42.0 Å². The van der Waals surface area contributed by atoms with Crippen molar-refractivity contribution in [3.8, 4) is 5.75 Å². The molecule has 0 aliphatic heterocycles. The third-order valence-electron chi connectivity index (χ3n) is 5.39. The minimum atomic E-state index is -0.482. The highest BCUT2D eigenvalue weighted by atomic mass is 35.5. The lowest BCUT2D eigenvalue weighted by Crippen LogP contribution is -2.27. The van der Waals surface area contributed by atoms with Gasteiger partial charge in [0.2, 0.25) is 0 Å². The number of aliphatic hydroxyl groups excluding tert-OH is 2. The van der Waals surface area contributed by atoms with E-state index in [1.807, 2.05) is 31.2 Å². The van der Waals surface area contributed by atoms with E-state index in [0.717, 1.165) is 30.6 Å². The Hall–Kier alpha value is -1.56. The van der Waals surface area contributed by atoms with E-state index in [1.165, 1.54) is 0 Å². The summed E-state index contributed by atoms with van der Waals surface area (Å²) in [6, 6.07) is 7.66. The maximum atomic E-state index is 11.3. The van der Waals surface area contributed by atoms with Gasteiger partial charge in [0, 0.05) is 24.3 Å². The zero-order valence-corrected chi connectivity index (χ0v) is 17.9. The Balaban J connectivity index is 1.84. The molecule has 1 aromatic rings. The van der Waals surface area contributed by atoms with Crippen LogP contribution in [0, 0.1) is 11.8 Å². The number of hydrogen-bond acceptors (Lipinski definition) is 5. The smallest absolute Gasteiger partial charge is 0.305 e. The number of ether oxygens (including phenoxy) is 2. The van der Waals surface area contributed by atoms with Crippen molar-refractivity contribution in [2.75, 3.05) is 19.8 Å². The van der Waals surface area contributed by atoms with Crippen LogP contribution in [0.2, 0.25) is 0 Å². The van der Waals surface area contributed by atoms with E-state index in [4.69, 9.17) is 21.1 Å². The highest BCUT2D eigenvalue weighted by Crippen LogP contribution is 2.39. The van der Waals surface area contributed by atoms with Gasteiger partial charge in [0.05, 0.1) is 19.3 Å². The summed E-state index contributed by atoms with van der Waals surface area (Å²) in [5.74, 6) is 0.696. The maximum absolute atomic E-state index is 11.3. The number of esters is 1. The normalized spacial score (nSPS) is 24.1. The number of hydrogen-bond donors (Lipinski definition) is 2. The van der Waals surface area contributed by atoms with Gasteiger partial charge in [-0.3, -0.25) is 4.79 Å². The van der Waals surface area contributed by atoms with Crippen LogP contribution in [0.5, 0.6) is 5.75 Å². The minimum absolute atomic E-state index is 0.0381. The highest BCUT2D eigenvalue weighted by molar-refractivity contribution is 6.21. The van der Waals surface area contributed by atoms with E-state index in [1.54, 1.807) is 0 Å². The van der Waals surface area contributed by atoms with Crippen molar-refractivity contribution in [1.82, 2.24) is 0 Å². The minimum Gasteiger partial charge on any atom is -0.493 e. The van der Waals surface area contributed by atoms with Crippen LogP contribution in [-0.2, 0) is 16.0 Å². The SMILES string of the molecule is CCOC(=O)CCC/C=C\C[C@@H]1[C@@H](COc2ccccc2CCO)[C@H](O)C[C@H]1Cl. The molecule has 29 heavy (non-hydrogen) atoms. The Morgan fingerprint density at radius 3 is 2.83 bits per heavy atom. The number of para-hydroxylation sites is 1. The molecule has 162 valence electrons. The van der Waals surface area contributed by atoms with Crippen LogP contribution in [-0.4, -0.2) is 47.5 Å². The van der Waals surface area contributed by atoms with Crippen molar-refractivity contribution in [2.45, 2.75) is 56.9 Å². The molecule has 5 nitrogen and oxygen atoms in total. The van der Waals surface area contributed by atoms with Crippen molar-refractivity contribution in [3.63, 3.8) is 0 Å². The number of rotatable bonds is 12. The number of unbranched alkanes of at least 4 members (excludes halogenated alkanes) is 1. The van der Waals surface area contributed by atoms with Crippen LogP contribution in [0.3, 0.4) is 0 Å². The summed E-state index contributed by atoms with van der Waals surface area (Å²) in [7, 11) is 0. The fraction of sp³-hybridized carbons (Fsp3) is 0.609. The van der Waals surface area contributed by atoms with E-state index < -0.39 is 6.10 Å². The summed E-state index contributed by atoms with van der Waals surface area (Å²) in [5, 5.41) is 19.6. The number of allylic oxidation sites excluding steroid dienone is 2. The predicted molar refractivity (Wildman–Crippen MR) is 114 cm³/mol. The van der Waals surface area contributed by atoms with Gasteiger partial charge in [0.1, 0.15) is 5.75 Å². The van der Waals surface area contributed by atoms with Crippen LogP contribution in [0.4, 0.5) is 0 Å². The number of benzene rings is 1. The maximum Gasteiger partial charge on any atom is 0.305 e. The lowest BCUT2D eigenvalue weighted by Gasteiger charge is -2.23. The van der Waals surface area contributed by atoms with Crippen molar-refractivity contribution >= 4 is 17.6 Å². The van der Waals surface area contributed by atoms with Gasteiger partial charge in [-0.2, -0.15) is 0 Å². The molecule has 2 N–H and O–H groups in total. The van der Waals surface area contributed by atoms with E-state index >= 15 is 0 Å². The number of carbonyl (C=O) groups excluding carboxylic acids is 1. The molecule has 0 radical (unpaired) electrons. The second-order valence-electron chi connectivity index (χ2n) is 7.44. The van der Waals surface area contributed by atoms with Crippen LogP contribution in [0.1, 0.15) is 44.6 Å². The first-order chi connectivity index (χ1) is 14.1. The van der Waals surface area contributed by atoms with E-state index in [-0.39, 0.29) is 29.8 Å². The molecule has 1 aromatic carbocycles. The quantitative estimate of drug-likeness (QED) is 0.230. The van der Waals surface area contributed by atoms with Gasteiger partial charge < -0.3 is 19.7 Å². The first-order valence-corrected chi connectivity index (χ1v) is 10.9.